The first kappa shape index (κ1) is 12.3. The molecule has 4 heteroatoms. The Morgan fingerprint density at radius 3 is 2.15 bits per heavy atom. The molecule has 0 amide bonds. The molecule has 0 saturated carbocycles. The molecule has 0 aliphatic carbocycles. The topological polar surface area (TPSA) is 64.7 Å². The van der Waals surface area contributed by atoms with Crippen LogP contribution in [0.15, 0.2) is 60.7 Å². The summed E-state index contributed by atoms with van der Waals surface area (Å²) in [4.78, 5) is 4.35. The first-order valence-corrected chi connectivity index (χ1v) is 6.41. The van der Waals surface area contributed by atoms with Crippen LogP contribution in [0.5, 0.6) is 0 Å². The lowest BCUT2D eigenvalue weighted by Gasteiger charge is -2.07. The highest BCUT2D eigenvalue weighted by Gasteiger charge is 2.10. The molecule has 0 aliphatic heterocycles. The predicted octanol–water partition coefficient (Wildman–Crippen LogP) is 2.71. The number of hydrogen-bond donors (Lipinski definition) is 1. The summed E-state index contributed by atoms with van der Waals surface area (Å²) in [6.45, 7) is 0. The van der Waals surface area contributed by atoms with Crippen molar-refractivity contribution in [3.8, 4) is 11.3 Å². The van der Waals surface area contributed by atoms with Crippen molar-refractivity contribution in [2.75, 3.05) is 5.73 Å². The molecular formula is C16H14N4. The number of anilines is 1. The number of hydrogen-bond acceptors (Lipinski definition) is 4. The van der Waals surface area contributed by atoms with E-state index in [-0.39, 0.29) is 5.95 Å². The van der Waals surface area contributed by atoms with Crippen molar-refractivity contribution >= 4 is 5.95 Å². The van der Waals surface area contributed by atoms with E-state index in [0.717, 1.165) is 17.0 Å². The third-order valence-corrected chi connectivity index (χ3v) is 3.04. The van der Waals surface area contributed by atoms with E-state index in [9.17, 15) is 0 Å². The molecule has 4 nitrogen and oxygen atoms in total. The molecular weight excluding hydrogens is 248 g/mol. The molecule has 0 aliphatic rings. The third-order valence-electron chi connectivity index (χ3n) is 3.04. The minimum absolute atomic E-state index is 0.204. The largest absolute Gasteiger partial charge is 0.366 e. The van der Waals surface area contributed by atoms with Crippen LogP contribution in [0.2, 0.25) is 0 Å². The van der Waals surface area contributed by atoms with E-state index in [1.165, 1.54) is 5.56 Å². The van der Waals surface area contributed by atoms with Crippen LogP contribution < -0.4 is 5.73 Å². The van der Waals surface area contributed by atoms with Crippen molar-refractivity contribution in [3.63, 3.8) is 0 Å². The molecule has 20 heavy (non-hydrogen) atoms. The Bertz CT molecular complexity index is 696. The summed E-state index contributed by atoms with van der Waals surface area (Å²) in [5.41, 5.74) is 9.47. The zero-order valence-electron chi connectivity index (χ0n) is 10.9. The van der Waals surface area contributed by atoms with Gasteiger partial charge in [-0.2, -0.15) is 0 Å². The lowest BCUT2D eigenvalue weighted by atomic mass is 10.0. The Balaban J connectivity index is 2.03. The molecule has 0 radical (unpaired) electrons. The van der Waals surface area contributed by atoms with Crippen molar-refractivity contribution in [2.24, 2.45) is 0 Å². The summed E-state index contributed by atoms with van der Waals surface area (Å²) in [5, 5.41) is 8.08. The highest BCUT2D eigenvalue weighted by atomic mass is 15.2. The molecule has 1 heterocycles. The van der Waals surface area contributed by atoms with E-state index in [1.807, 2.05) is 48.5 Å². The van der Waals surface area contributed by atoms with Gasteiger partial charge < -0.3 is 5.73 Å². The van der Waals surface area contributed by atoms with Gasteiger partial charge in [0.1, 0.15) is 5.69 Å². The third kappa shape index (κ3) is 2.64. The normalized spacial score (nSPS) is 10.4. The maximum Gasteiger partial charge on any atom is 0.240 e. The molecule has 98 valence electrons. The summed E-state index contributed by atoms with van der Waals surface area (Å²) in [6.07, 6.45) is 0.685. The molecule has 1 aromatic heterocycles. The Labute approximate surface area is 117 Å². The SMILES string of the molecule is Nc1nnc(-c2ccccc2)c(Cc2ccccc2)n1. The lowest BCUT2D eigenvalue weighted by molar-refractivity contribution is 0.935. The standard InChI is InChI=1S/C16H14N4/c17-16-18-14(11-12-7-3-1-4-8-12)15(19-20-16)13-9-5-2-6-10-13/h1-10H,11H2,(H2,17,18,20). The zero-order chi connectivity index (χ0) is 13.8. The Hall–Kier alpha value is -2.75. The van der Waals surface area contributed by atoms with Crippen LogP contribution in [-0.4, -0.2) is 15.2 Å². The smallest absolute Gasteiger partial charge is 0.240 e. The lowest BCUT2D eigenvalue weighted by Crippen LogP contribution is -2.05. The van der Waals surface area contributed by atoms with E-state index in [4.69, 9.17) is 5.73 Å². The number of aromatic nitrogens is 3. The fraction of sp³-hybridized carbons (Fsp3) is 0.0625. The number of rotatable bonds is 3. The summed E-state index contributed by atoms with van der Waals surface area (Å²) >= 11 is 0. The second kappa shape index (κ2) is 5.48. The van der Waals surface area contributed by atoms with Crippen LogP contribution >= 0.6 is 0 Å². The molecule has 0 saturated heterocycles. The Morgan fingerprint density at radius 1 is 0.800 bits per heavy atom. The van der Waals surface area contributed by atoms with Gasteiger partial charge in [0.05, 0.1) is 5.69 Å². The number of nitrogens with two attached hydrogens (primary N) is 1. The van der Waals surface area contributed by atoms with Crippen molar-refractivity contribution in [1.29, 1.82) is 0 Å². The van der Waals surface area contributed by atoms with E-state index in [0.29, 0.717) is 6.42 Å². The van der Waals surface area contributed by atoms with Gasteiger partial charge in [-0.1, -0.05) is 60.7 Å². The van der Waals surface area contributed by atoms with E-state index >= 15 is 0 Å². The summed E-state index contributed by atoms with van der Waals surface area (Å²) < 4.78 is 0. The zero-order valence-corrected chi connectivity index (χ0v) is 10.9. The van der Waals surface area contributed by atoms with Gasteiger partial charge in [-0.3, -0.25) is 0 Å². The van der Waals surface area contributed by atoms with Gasteiger partial charge in [0, 0.05) is 12.0 Å². The van der Waals surface area contributed by atoms with Crippen molar-refractivity contribution in [3.05, 3.63) is 71.9 Å². The van der Waals surface area contributed by atoms with Gasteiger partial charge in [-0.15, -0.1) is 10.2 Å². The molecule has 0 spiro atoms. The van der Waals surface area contributed by atoms with E-state index in [1.54, 1.807) is 0 Å². The summed E-state index contributed by atoms with van der Waals surface area (Å²) in [5.74, 6) is 0.204. The highest BCUT2D eigenvalue weighted by Crippen LogP contribution is 2.21. The number of benzene rings is 2. The van der Waals surface area contributed by atoms with Gasteiger partial charge in [-0.25, -0.2) is 4.98 Å². The molecule has 3 rings (SSSR count). The second-order valence-corrected chi connectivity index (χ2v) is 4.49. The molecule has 0 fully saturated rings. The first-order chi connectivity index (χ1) is 9.83. The predicted molar refractivity (Wildman–Crippen MR) is 78.9 cm³/mol. The summed E-state index contributed by atoms with van der Waals surface area (Å²) in [7, 11) is 0. The number of nitrogen functional groups attached to an aromatic ring is 1. The Kier molecular flexibility index (Phi) is 3.37. The van der Waals surface area contributed by atoms with E-state index < -0.39 is 0 Å². The van der Waals surface area contributed by atoms with Gasteiger partial charge in [0.2, 0.25) is 5.95 Å². The Morgan fingerprint density at radius 2 is 1.45 bits per heavy atom. The van der Waals surface area contributed by atoms with Crippen molar-refractivity contribution in [1.82, 2.24) is 15.2 Å². The quantitative estimate of drug-likeness (QED) is 0.788. The average molecular weight is 262 g/mol. The molecule has 3 aromatic rings. The van der Waals surface area contributed by atoms with Crippen molar-refractivity contribution in [2.45, 2.75) is 6.42 Å². The van der Waals surface area contributed by atoms with Crippen LogP contribution in [0.1, 0.15) is 11.3 Å². The maximum atomic E-state index is 5.67. The van der Waals surface area contributed by atoms with Crippen LogP contribution in [0.3, 0.4) is 0 Å². The highest BCUT2D eigenvalue weighted by molar-refractivity contribution is 5.61. The first-order valence-electron chi connectivity index (χ1n) is 6.41. The van der Waals surface area contributed by atoms with Gasteiger partial charge in [0.15, 0.2) is 0 Å². The van der Waals surface area contributed by atoms with E-state index in [2.05, 4.69) is 27.3 Å². The van der Waals surface area contributed by atoms with Crippen LogP contribution in [0.4, 0.5) is 5.95 Å². The number of nitrogens with zero attached hydrogens (tertiary/aromatic N) is 3. The van der Waals surface area contributed by atoms with Crippen LogP contribution in [0, 0.1) is 0 Å². The monoisotopic (exact) mass is 262 g/mol. The molecule has 2 N–H and O–H groups in total. The van der Waals surface area contributed by atoms with Crippen LogP contribution in [0.25, 0.3) is 11.3 Å². The minimum atomic E-state index is 0.204. The molecule has 2 aromatic carbocycles. The average Bonchev–Trinajstić information content (AvgIpc) is 2.49. The van der Waals surface area contributed by atoms with Gasteiger partial charge in [-0.05, 0) is 5.56 Å². The van der Waals surface area contributed by atoms with Crippen molar-refractivity contribution < 1.29 is 0 Å². The molecule has 0 atom stereocenters. The second-order valence-electron chi connectivity index (χ2n) is 4.49. The fourth-order valence-corrected chi connectivity index (χ4v) is 2.11. The molecule has 0 bridgehead atoms. The fourth-order valence-electron chi connectivity index (χ4n) is 2.11. The van der Waals surface area contributed by atoms with Crippen LogP contribution in [-0.2, 0) is 6.42 Å². The van der Waals surface area contributed by atoms with Gasteiger partial charge >= 0.3 is 0 Å². The maximum absolute atomic E-state index is 5.67. The van der Waals surface area contributed by atoms with Gasteiger partial charge in [0.25, 0.3) is 0 Å². The molecule has 0 unspecified atom stereocenters. The summed E-state index contributed by atoms with van der Waals surface area (Å²) in [6, 6.07) is 20.0. The minimum Gasteiger partial charge on any atom is -0.366 e.